The number of morpholine rings is 1. The molecule has 10 heteroatoms. The molecule has 2 aliphatic heterocycles. The number of amides is 1. The highest BCUT2D eigenvalue weighted by Crippen LogP contribution is 2.44. The van der Waals surface area contributed by atoms with Crippen molar-refractivity contribution < 1.29 is 27.4 Å². The Bertz CT molecular complexity index is 893. The maximum Gasteiger partial charge on any atom is 0.410 e. The number of carbonyl (C=O) groups is 1. The first kappa shape index (κ1) is 19.6. The molecule has 7 nitrogen and oxygen atoms in total. The van der Waals surface area contributed by atoms with Gasteiger partial charge in [0.1, 0.15) is 17.1 Å². The quantitative estimate of drug-likeness (QED) is 0.843. The maximum absolute atomic E-state index is 13.8. The van der Waals surface area contributed by atoms with E-state index in [0.29, 0.717) is 37.6 Å². The third-order valence-corrected chi connectivity index (χ3v) is 5.26. The zero-order valence-corrected chi connectivity index (χ0v) is 15.8. The van der Waals surface area contributed by atoms with Gasteiger partial charge in [-0.05, 0) is 17.7 Å². The number of rotatable bonds is 3. The summed E-state index contributed by atoms with van der Waals surface area (Å²) in [6.07, 6.45) is -3.53. The predicted molar refractivity (Wildman–Crippen MR) is 98.0 cm³/mol. The van der Waals surface area contributed by atoms with E-state index in [1.807, 2.05) is 0 Å². The van der Waals surface area contributed by atoms with Gasteiger partial charge in [-0.2, -0.15) is 18.3 Å². The number of carbonyl (C=O) groups excluding carboxylic acids is 1. The van der Waals surface area contributed by atoms with E-state index in [-0.39, 0.29) is 23.7 Å². The minimum atomic E-state index is -4.50. The molecule has 2 atom stereocenters. The van der Waals surface area contributed by atoms with E-state index in [9.17, 15) is 18.0 Å². The second-order valence-electron chi connectivity index (χ2n) is 7.02. The molecule has 1 aromatic heterocycles. The molecule has 1 amide bonds. The Balaban J connectivity index is 1.71. The Hall–Kier alpha value is -2.75. The Morgan fingerprint density at radius 3 is 2.76 bits per heavy atom. The van der Waals surface area contributed by atoms with E-state index in [4.69, 9.17) is 9.47 Å². The van der Waals surface area contributed by atoms with Gasteiger partial charge in [0.15, 0.2) is 6.04 Å². The van der Waals surface area contributed by atoms with Crippen LogP contribution in [0.2, 0.25) is 0 Å². The summed E-state index contributed by atoms with van der Waals surface area (Å²) < 4.78 is 52.7. The van der Waals surface area contributed by atoms with Crippen LogP contribution in [0.1, 0.15) is 34.4 Å². The topological polar surface area (TPSA) is 68.6 Å². The normalized spacial score (nSPS) is 22.0. The predicted octanol–water partition coefficient (Wildman–Crippen LogP) is 3.02. The zero-order chi connectivity index (χ0) is 20.6. The third-order valence-electron chi connectivity index (χ3n) is 5.26. The van der Waals surface area contributed by atoms with Crippen LogP contribution in [0.15, 0.2) is 30.5 Å². The lowest BCUT2D eigenvalue weighted by atomic mass is 9.96. The van der Waals surface area contributed by atoms with Gasteiger partial charge in [0.25, 0.3) is 5.91 Å². The number of methoxy groups -OCH3 is 1. The van der Waals surface area contributed by atoms with Crippen LogP contribution in [-0.4, -0.2) is 60.2 Å². The number of alkyl halides is 3. The van der Waals surface area contributed by atoms with E-state index >= 15 is 0 Å². The molecule has 1 fully saturated rings. The molecule has 3 heterocycles. The number of hydrogen-bond acceptors (Lipinski definition) is 5. The Labute approximate surface area is 165 Å². The Kier molecular flexibility index (Phi) is 5.12. The van der Waals surface area contributed by atoms with Crippen LogP contribution >= 0.6 is 0 Å². The maximum atomic E-state index is 13.8. The molecule has 156 valence electrons. The summed E-state index contributed by atoms with van der Waals surface area (Å²) in [5.41, 5.74) is 0.782. The van der Waals surface area contributed by atoms with Crippen molar-refractivity contribution in [3.8, 4) is 5.75 Å². The average molecular weight is 410 g/mol. The lowest BCUT2D eigenvalue weighted by molar-refractivity contribution is -0.173. The van der Waals surface area contributed by atoms with E-state index in [2.05, 4.69) is 10.4 Å². The van der Waals surface area contributed by atoms with Crippen LogP contribution in [0.5, 0.6) is 5.75 Å². The summed E-state index contributed by atoms with van der Waals surface area (Å²) in [4.78, 5) is 14.5. The molecule has 0 radical (unpaired) electrons. The molecule has 29 heavy (non-hydrogen) atoms. The Morgan fingerprint density at radius 2 is 2.07 bits per heavy atom. The van der Waals surface area contributed by atoms with Gasteiger partial charge in [-0.15, -0.1) is 0 Å². The number of fused-ring (bicyclic) bond motifs is 1. The summed E-state index contributed by atoms with van der Waals surface area (Å²) in [5, 5.41) is 7.01. The molecular formula is C19H21F3N4O3. The summed E-state index contributed by atoms with van der Waals surface area (Å²) in [6.45, 7) is 1.59. The largest absolute Gasteiger partial charge is 0.497 e. The van der Waals surface area contributed by atoms with Crippen LogP contribution in [-0.2, 0) is 4.74 Å². The molecule has 1 aromatic carbocycles. The summed E-state index contributed by atoms with van der Waals surface area (Å²) in [7, 11) is 1.50. The van der Waals surface area contributed by atoms with E-state index < -0.39 is 18.3 Å². The molecule has 4 rings (SSSR count). The first-order valence-corrected chi connectivity index (χ1v) is 9.30. The number of nitrogens with zero attached hydrogens (tertiary/aromatic N) is 3. The van der Waals surface area contributed by atoms with Crippen LogP contribution in [0.4, 0.5) is 19.0 Å². The monoisotopic (exact) mass is 410 g/mol. The molecule has 0 saturated carbocycles. The van der Waals surface area contributed by atoms with Crippen molar-refractivity contribution in [1.29, 1.82) is 0 Å². The number of hydrogen-bond donors (Lipinski definition) is 1. The highest BCUT2D eigenvalue weighted by Gasteiger charge is 2.47. The van der Waals surface area contributed by atoms with E-state index in [0.717, 1.165) is 4.68 Å². The van der Waals surface area contributed by atoms with Gasteiger partial charge in [-0.3, -0.25) is 4.79 Å². The van der Waals surface area contributed by atoms with Crippen molar-refractivity contribution >= 4 is 11.7 Å². The van der Waals surface area contributed by atoms with Crippen molar-refractivity contribution in [2.24, 2.45) is 0 Å². The number of halogens is 3. The number of aromatic nitrogens is 2. The lowest BCUT2D eigenvalue weighted by Gasteiger charge is -2.34. The molecular weight excluding hydrogens is 389 g/mol. The van der Waals surface area contributed by atoms with E-state index in [1.54, 1.807) is 29.2 Å². The van der Waals surface area contributed by atoms with Crippen LogP contribution < -0.4 is 10.1 Å². The van der Waals surface area contributed by atoms with Crippen molar-refractivity contribution in [3.05, 3.63) is 41.6 Å². The molecule has 1 saturated heterocycles. The standard InChI is InChI=1S/C19H21F3N4O3/c1-28-13-4-2-3-12(9-13)15-10-16(19(20,21)22)26-17(24-15)14(11-23-26)18(27)25-5-7-29-8-6-25/h2-4,9,11,15-16,24H,5-8,10H2,1H3/t15-,16-/m0/s1. The number of anilines is 1. The van der Waals surface area contributed by atoms with Crippen LogP contribution in [0, 0.1) is 0 Å². The molecule has 1 N–H and O–H groups in total. The molecule has 0 aliphatic carbocycles. The zero-order valence-electron chi connectivity index (χ0n) is 15.8. The SMILES string of the molecule is COc1cccc([C@@H]2C[C@@H](C(F)(F)F)n3ncc(C(=O)N4CCOCC4)c3N2)c1. The first-order valence-electron chi connectivity index (χ1n) is 9.30. The van der Waals surface area contributed by atoms with Gasteiger partial charge in [-0.1, -0.05) is 12.1 Å². The summed E-state index contributed by atoms with van der Waals surface area (Å²) >= 11 is 0. The summed E-state index contributed by atoms with van der Waals surface area (Å²) in [6, 6.07) is 4.41. The van der Waals surface area contributed by atoms with Crippen molar-refractivity contribution in [1.82, 2.24) is 14.7 Å². The van der Waals surface area contributed by atoms with E-state index in [1.165, 1.54) is 13.3 Å². The van der Waals surface area contributed by atoms with Gasteiger partial charge < -0.3 is 19.7 Å². The molecule has 0 bridgehead atoms. The Morgan fingerprint density at radius 1 is 1.31 bits per heavy atom. The second kappa shape index (κ2) is 7.58. The molecule has 2 aliphatic rings. The number of nitrogens with one attached hydrogen (secondary N) is 1. The number of ether oxygens (including phenoxy) is 2. The minimum absolute atomic E-state index is 0.0860. The van der Waals surface area contributed by atoms with Crippen LogP contribution in [0.3, 0.4) is 0 Å². The van der Waals surface area contributed by atoms with Crippen LogP contribution in [0.25, 0.3) is 0 Å². The first-order chi connectivity index (χ1) is 13.9. The smallest absolute Gasteiger partial charge is 0.410 e. The van der Waals surface area contributed by atoms with Crippen molar-refractivity contribution in [2.45, 2.75) is 24.7 Å². The molecule has 0 unspecified atom stereocenters. The van der Waals surface area contributed by atoms with Crippen molar-refractivity contribution in [2.75, 3.05) is 38.7 Å². The highest BCUT2D eigenvalue weighted by molar-refractivity contribution is 5.99. The lowest BCUT2D eigenvalue weighted by Crippen LogP contribution is -2.41. The third kappa shape index (κ3) is 3.76. The second-order valence-corrected chi connectivity index (χ2v) is 7.02. The molecule has 0 spiro atoms. The fourth-order valence-electron chi connectivity index (χ4n) is 3.73. The van der Waals surface area contributed by atoms with Gasteiger partial charge in [0.05, 0.1) is 32.6 Å². The van der Waals surface area contributed by atoms with Gasteiger partial charge in [0.2, 0.25) is 0 Å². The van der Waals surface area contributed by atoms with Crippen molar-refractivity contribution in [3.63, 3.8) is 0 Å². The van der Waals surface area contributed by atoms with Gasteiger partial charge in [0, 0.05) is 19.5 Å². The fourth-order valence-corrected chi connectivity index (χ4v) is 3.73. The average Bonchev–Trinajstić information content (AvgIpc) is 3.16. The highest BCUT2D eigenvalue weighted by atomic mass is 19.4. The minimum Gasteiger partial charge on any atom is -0.497 e. The van der Waals surface area contributed by atoms with Gasteiger partial charge in [-0.25, -0.2) is 4.68 Å². The number of benzene rings is 1. The molecule has 2 aromatic rings. The van der Waals surface area contributed by atoms with Gasteiger partial charge >= 0.3 is 6.18 Å². The fraction of sp³-hybridized carbons (Fsp3) is 0.474. The summed E-state index contributed by atoms with van der Waals surface area (Å²) in [5.74, 6) is 0.286.